The van der Waals surface area contributed by atoms with Crippen molar-refractivity contribution in [3.05, 3.63) is 41.4 Å². The number of fused-ring (bicyclic) bond motifs is 1. The molecule has 1 aliphatic heterocycles. The zero-order chi connectivity index (χ0) is 24.6. The number of anilines is 1. The first-order valence-corrected chi connectivity index (χ1v) is 13.8. The summed E-state index contributed by atoms with van der Waals surface area (Å²) < 4.78 is 17.4. The monoisotopic (exact) mass is 571 g/mol. The number of aromatic nitrogens is 1. The molecule has 0 aliphatic carbocycles. The number of rotatable bonds is 11. The van der Waals surface area contributed by atoms with Crippen molar-refractivity contribution >= 4 is 68.4 Å². The lowest BCUT2D eigenvalue weighted by molar-refractivity contribution is -0.118. The average Bonchev–Trinajstić information content (AvgIpc) is 3.33. The van der Waals surface area contributed by atoms with E-state index in [0.29, 0.717) is 40.1 Å². The summed E-state index contributed by atoms with van der Waals surface area (Å²) in [5.41, 5.74) is 0.716. The van der Waals surface area contributed by atoms with Gasteiger partial charge in [-0.1, -0.05) is 22.9 Å². The first-order chi connectivity index (χ1) is 17.1. The fourth-order valence-electron chi connectivity index (χ4n) is 3.92. The molecule has 11 heteroatoms. The number of morpholine rings is 1. The maximum Gasteiger partial charge on any atom is 0.229 e. The Bertz CT molecular complexity index is 1080. The lowest BCUT2D eigenvalue weighted by atomic mass is 10.3. The van der Waals surface area contributed by atoms with Crippen LogP contribution >= 0.6 is 47.1 Å². The second kappa shape index (κ2) is 14.3. The van der Waals surface area contributed by atoms with E-state index in [-0.39, 0.29) is 18.3 Å². The molecule has 0 unspecified atom stereocenters. The fourth-order valence-corrected chi connectivity index (χ4v) is 6.00. The Morgan fingerprint density at radius 3 is 2.53 bits per heavy atom. The van der Waals surface area contributed by atoms with Crippen LogP contribution < -0.4 is 14.4 Å². The number of benzene rings is 2. The summed E-state index contributed by atoms with van der Waals surface area (Å²) in [5.74, 6) is 2.13. The van der Waals surface area contributed by atoms with Crippen LogP contribution in [0, 0.1) is 0 Å². The highest BCUT2D eigenvalue weighted by molar-refractivity contribution is 7.99. The van der Waals surface area contributed by atoms with Gasteiger partial charge in [-0.05, 0) is 42.8 Å². The van der Waals surface area contributed by atoms with Gasteiger partial charge in [-0.25, -0.2) is 4.98 Å². The minimum absolute atomic E-state index is 0. The number of thioether (sulfide) groups is 1. The molecule has 196 valence electrons. The molecule has 36 heavy (non-hydrogen) atoms. The molecule has 0 N–H and O–H groups in total. The van der Waals surface area contributed by atoms with Crippen LogP contribution in [0.3, 0.4) is 0 Å². The number of amides is 1. The number of carbonyl (C=O) groups excluding carboxylic acids is 1. The Balaban J connectivity index is 0.00000361. The van der Waals surface area contributed by atoms with Gasteiger partial charge in [0, 0.05) is 48.3 Å². The first kappa shape index (κ1) is 28.8. The lowest BCUT2D eigenvalue weighted by Gasteiger charge is -2.27. The predicted molar refractivity (Wildman–Crippen MR) is 151 cm³/mol. The molecule has 0 saturated carbocycles. The molecule has 1 aromatic heterocycles. The van der Waals surface area contributed by atoms with E-state index in [1.165, 1.54) is 11.3 Å². The van der Waals surface area contributed by atoms with Crippen LogP contribution in [0.5, 0.6) is 11.5 Å². The highest BCUT2D eigenvalue weighted by Gasteiger charge is 2.23. The molecular formula is C25H31Cl2N3O4S2. The molecule has 0 spiro atoms. The van der Waals surface area contributed by atoms with Crippen molar-refractivity contribution in [2.75, 3.05) is 64.3 Å². The van der Waals surface area contributed by atoms with Gasteiger partial charge in [-0.2, -0.15) is 0 Å². The third kappa shape index (κ3) is 7.40. The van der Waals surface area contributed by atoms with Crippen molar-refractivity contribution in [2.45, 2.75) is 17.7 Å². The third-order valence-electron chi connectivity index (χ3n) is 5.79. The van der Waals surface area contributed by atoms with Crippen molar-refractivity contribution in [3.63, 3.8) is 0 Å². The van der Waals surface area contributed by atoms with Crippen LogP contribution in [0.4, 0.5) is 5.13 Å². The standard InChI is InChI=1S/C25H30ClN3O4S2.ClH/c1-31-20-8-9-21(32-2)24-23(20)27-25(35-24)29(12-3-11-28-13-15-33-16-14-28)22(30)10-17-34-19-6-4-18(26)5-7-19;/h4-9H,3,10-17H2,1-2H3;1H. The highest BCUT2D eigenvalue weighted by atomic mass is 35.5. The summed E-state index contributed by atoms with van der Waals surface area (Å²) in [6, 6.07) is 11.4. The maximum absolute atomic E-state index is 13.4. The normalized spacial score (nSPS) is 13.9. The van der Waals surface area contributed by atoms with E-state index in [1.807, 2.05) is 41.3 Å². The van der Waals surface area contributed by atoms with Gasteiger partial charge < -0.3 is 14.2 Å². The minimum atomic E-state index is 0. The van der Waals surface area contributed by atoms with Crippen LogP contribution in [-0.2, 0) is 9.53 Å². The minimum Gasteiger partial charge on any atom is -0.495 e. The van der Waals surface area contributed by atoms with Gasteiger partial charge in [-0.15, -0.1) is 24.2 Å². The molecule has 0 atom stereocenters. The van der Waals surface area contributed by atoms with Crippen molar-refractivity contribution in [3.8, 4) is 11.5 Å². The molecule has 7 nitrogen and oxygen atoms in total. The number of methoxy groups -OCH3 is 2. The molecule has 2 heterocycles. The second-order valence-corrected chi connectivity index (χ2v) is 10.6. The summed E-state index contributed by atoms with van der Waals surface area (Å²) >= 11 is 9.10. The molecule has 2 aromatic carbocycles. The predicted octanol–water partition coefficient (Wildman–Crippen LogP) is 5.63. The van der Waals surface area contributed by atoms with Gasteiger partial charge in [0.2, 0.25) is 5.91 Å². The van der Waals surface area contributed by atoms with E-state index in [1.54, 1.807) is 26.0 Å². The lowest BCUT2D eigenvalue weighted by Crippen LogP contribution is -2.39. The molecule has 1 amide bonds. The highest BCUT2D eigenvalue weighted by Crippen LogP contribution is 2.40. The van der Waals surface area contributed by atoms with E-state index in [2.05, 4.69) is 4.90 Å². The molecule has 0 radical (unpaired) electrons. The van der Waals surface area contributed by atoms with Crippen LogP contribution in [-0.4, -0.2) is 75.2 Å². The van der Waals surface area contributed by atoms with Gasteiger partial charge >= 0.3 is 0 Å². The Kier molecular flexibility index (Phi) is 11.4. The number of hydrogen-bond acceptors (Lipinski definition) is 8. The van der Waals surface area contributed by atoms with Crippen LogP contribution in [0.2, 0.25) is 5.02 Å². The van der Waals surface area contributed by atoms with Gasteiger partial charge in [0.25, 0.3) is 0 Å². The molecule has 1 saturated heterocycles. The van der Waals surface area contributed by atoms with Gasteiger partial charge in [0.05, 0.1) is 27.4 Å². The van der Waals surface area contributed by atoms with Crippen molar-refractivity contribution in [1.82, 2.24) is 9.88 Å². The maximum atomic E-state index is 13.4. The van der Waals surface area contributed by atoms with Crippen molar-refractivity contribution in [2.24, 2.45) is 0 Å². The topological polar surface area (TPSA) is 64.1 Å². The Hall–Kier alpha value is -1.75. The molecule has 3 aromatic rings. The number of halogens is 2. The largest absolute Gasteiger partial charge is 0.495 e. The summed E-state index contributed by atoms with van der Waals surface area (Å²) in [4.78, 5) is 23.5. The summed E-state index contributed by atoms with van der Waals surface area (Å²) in [7, 11) is 3.26. The second-order valence-electron chi connectivity index (χ2n) is 8.05. The number of nitrogens with zero attached hydrogens (tertiary/aromatic N) is 3. The van der Waals surface area contributed by atoms with E-state index < -0.39 is 0 Å². The molecule has 4 rings (SSSR count). The fraction of sp³-hybridized carbons (Fsp3) is 0.440. The number of hydrogen-bond donors (Lipinski definition) is 0. The van der Waals surface area contributed by atoms with E-state index in [0.717, 1.165) is 54.6 Å². The molecular weight excluding hydrogens is 541 g/mol. The summed E-state index contributed by atoms with van der Waals surface area (Å²) in [6.07, 6.45) is 1.27. The van der Waals surface area contributed by atoms with Crippen molar-refractivity contribution < 1.29 is 19.0 Å². The summed E-state index contributed by atoms with van der Waals surface area (Å²) in [6.45, 7) is 4.92. The number of carbonyl (C=O) groups is 1. The van der Waals surface area contributed by atoms with Crippen LogP contribution in [0.15, 0.2) is 41.3 Å². The van der Waals surface area contributed by atoms with Crippen LogP contribution in [0.25, 0.3) is 10.2 Å². The number of thiazole rings is 1. The number of ether oxygens (including phenoxy) is 3. The van der Waals surface area contributed by atoms with Gasteiger partial charge in [0.15, 0.2) is 5.13 Å². The summed E-state index contributed by atoms with van der Waals surface area (Å²) in [5, 5.41) is 1.38. The zero-order valence-electron chi connectivity index (χ0n) is 20.4. The van der Waals surface area contributed by atoms with E-state index in [9.17, 15) is 4.79 Å². The first-order valence-electron chi connectivity index (χ1n) is 11.6. The van der Waals surface area contributed by atoms with Crippen LogP contribution in [0.1, 0.15) is 12.8 Å². The molecule has 1 fully saturated rings. The Labute approximate surface area is 231 Å². The third-order valence-corrected chi connectivity index (χ3v) is 8.15. The van der Waals surface area contributed by atoms with E-state index in [4.69, 9.17) is 30.8 Å². The SMILES string of the molecule is COc1ccc(OC)c2sc(N(CCCN3CCOCC3)C(=O)CCSc3ccc(Cl)cc3)nc12.Cl. The average molecular weight is 573 g/mol. The van der Waals surface area contributed by atoms with E-state index >= 15 is 0 Å². The molecule has 0 bridgehead atoms. The molecule has 1 aliphatic rings. The smallest absolute Gasteiger partial charge is 0.229 e. The van der Waals surface area contributed by atoms with Crippen molar-refractivity contribution in [1.29, 1.82) is 0 Å². The quantitative estimate of drug-likeness (QED) is 0.276. The van der Waals surface area contributed by atoms with Gasteiger partial charge in [0.1, 0.15) is 21.7 Å². The Morgan fingerprint density at radius 1 is 1.14 bits per heavy atom. The Morgan fingerprint density at radius 2 is 1.83 bits per heavy atom. The van der Waals surface area contributed by atoms with Gasteiger partial charge in [-0.3, -0.25) is 14.6 Å². The zero-order valence-corrected chi connectivity index (χ0v) is 23.6.